The third kappa shape index (κ3) is 3.20. The summed E-state index contributed by atoms with van der Waals surface area (Å²) in [5.74, 6) is 0. The van der Waals surface area contributed by atoms with E-state index in [2.05, 4.69) is 61.6 Å². The Hall–Kier alpha value is -1.61. The Morgan fingerprint density at radius 2 is 1.89 bits per heavy atom. The Bertz CT molecular complexity index is 483. The Labute approximate surface area is 109 Å². The first-order chi connectivity index (χ1) is 8.69. The van der Waals surface area contributed by atoms with Crippen LogP contribution in [0.2, 0.25) is 0 Å². The van der Waals surface area contributed by atoms with E-state index in [0.717, 1.165) is 13.1 Å². The van der Waals surface area contributed by atoms with Gasteiger partial charge in [0.2, 0.25) is 0 Å². The molecule has 3 nitrogen and oxygen atoms in total. The van der Waals surface area contributed by atoms with Crippen molar-refractivity contribution in [2.75, 3.05) is 0 Å². The first-order valence-electron chi connectivity index (χ1n) is 6.54. The number of benzene rings is 1. The first kappa shape index (κ1) is 12.8. The second-order valence-electron chi connectivity index (χ2n) is 4.82. The topological polar surface area (TPSA) is 29.9 Å². The summed E-state index contributed by atoms with van der Waals surface area (Å²) in [5.41, 5.74) is 3.72. The normalized spacial score (nSPS) is 11.1. The summed E-state index contributed by atoms with van der Waals surface area (Å²) in [7, 11) is 0. The third-order valence-corrected chi connectivity index (χ3v) is 2.96. The smallest absolute Gasteiger partial charge is 0.0568 e. The van der Waals surface area contributed by atoms with E-state index in [-0.39, 0.29) is 0 Å². The van der Waals surface area contributed by atoms with E-state index in [9.17, 15) is 0 Å². The van der Waals surface area contributed by atoms with Gasteiger partial charge in [0.15, 0.2) is 0 Å². The molecule has 1 aromatic carbocycles. The van der Waals surface area contributed by atoms with Crippen LogP contribution in [0.25, 0.3) is 11.1 Å². The predicted molar refractivity (Wildman–Crippen MR) is 75.3 cm³/mol. The molecule has 0 saturated heterocycles. The van der Waals surface area contributed by atoms with Gasteiger partial charge in [-0.1, -0.05) is 38.1 Å². The van der Waals surface area contributed by atoms with E-state index in [1.54, 1.807) is 0 Å². The van der Waals surface area contributed by atoms with Gasteiger partial charge in [0.1, 0.15) is 0 Å². The Kier molecular flexibility index (Phi) is 4.15. The number of nitrogens with one attached hydrogen (secondary N) is 1. The fourth-order valence-electron chi connectivity index (χ4n) is 1.82. The molecule has 1 aromatic heterocycles. The van der Waals surface area contributed by atoms with Crippen molar-refractivity contribution in [3.8, 4) is 11.1 Å². The minimum atomic E-state index is 0.521. The molecule has 1 heterocycles. The highest BCUT2D eigenvalue weighted by atomic mass is 15.3. The van der Waals surface area contributed by atoms with Crippen LogP contribution in [0.3, 0.4) is 0 Å². The zero-order valence-corrected chi connectivity index (χ0v) is 11.4. The lowest BCUT2D eigenvalue weighted by Crippen LogP contribution is -2.21. The highest BCUT2D eigenvalue weighted by molar-refractivity contribution is 5.61. The van der Waals surface area contributed by atoms with Crippen LogP contribution >= 0.6 is 0 Å². The SMILES string of the molecule is CCn1cc(-c2ccc(CNC(C)C)cc2)cn1. The molecule has 96 valence electrons. The van der Waals surface area contributed by atoms with Gasteiger partial charge < -0.3 is 5.32 Å². The molecule has 0 radical (unpaired) electrons. The van der Waals surface area contributed by atoms with Crippen LogP contribution in [0, 0.1) is 0 Å². The predicted octanol–water partition coefficient (Wildman–Crippen LogP) is 3.07. The lowest BCUT2D eigenvalue weighted by molar-refractivity contribution is 0.589. The molecule has 0 unspecified atom stereocenters. The van der Waals surface area contributed by atoms with E-state index >= 15 is 0 Å². The molecular weight excluding hydrogens is 222 g/mol. The number of hydrogen-bond donors (Lipinski definition) is 1. The fraction of sp³-hybridized carbons (Fsp3) is 0.400. The number of hydrogen-bond acceptors (Lipinski definition) is 2. The average molecular weight is 243 g/mol. The molecule has 0 spiro atoms. The molecule has 0 aliphatic heterocycles. The minimum Gasteiger partial charge on any atom is -0.310 e. The van der Waals surface area contributed by atoms with E-state index in [1.165, 1.54) is 16.7 Å². The van der Waals surface area contributed by atoms with Gasteiger partial charge in [-0.25, -0.2) is 0 Å². The molecule has 0 atom stereocenters. The largest absolute Gasteiger partial charge is 0.310 e. The van der Waals surface area contributed by atoms with Gasteiger partial charge in [0.05, 0.1) is 6.20 Å². The Morgan fingerprint density at radius 3 is 2.44 bits per heavy atom. The molecule has 3 heteroatoms. The van der Waals surface area contributed by atoms with Crippen LogP contribution in [-0.2, 0) is 13.1 Å². The van der Waals surface area contributed by atoms with Gasteiger partial charge in [0, 0.05) is 30.9 Å². The second-order valence-corrected chi connectivity index (χ2v) is 4.82. The number of aromatic nitrogens is 2. The van der Waals surface area contributed by atoms with Gasteiger partial charge >= 0.3 is 0 Å². The zero-order chi connectivity index (χ0) is 13.0. The maximum Gasteiger partial charge on any atom is 0.0568 e. The summed E-state index contributed by atoms with van der Waals surface area (Å²) in [6.07, 6.45) is 4.01. The lowest BCUT2D eigenvalue weighted by atomic mass is 10.1. The molecule has 0 aliphatic carbocycles. The summed E-state index contributed by atoms with van der Waals surface area (Å²) >= 11 is 0. The molecule has 0 bridgehead atoms. The minimum absolute atomic E-state index is 0.521. The first-order valence-corrected chi connectivity index (χ1v) is 6.54. The van der Waals surface area contributed by atoms with Crippen molar-refractivity contribution in [1.82, 2.24) is 15.1 Å². The van der Waals surface area contributed by atoms with Crippen molar-refractivity contribution in [2.24, 2.45) is 0 Å². The van der Waals surface area contributed by atoms with Crippen LogP contribution in [-0.4, -0.2) is 15.8 Å². The zero-order valence-electron chi connectivity index (χ0n) is 11.4. The molecule has 0 amide bonds. The molecule has 1 N–H and O–H groups in total. The fourth-order valence-corrected chi connectivity index (χ4v) is 1.82. The van der Waals surface area contributed by atoms with Gasteiger partial charge in [-0.15, -0.1) is 0 Å². The summed E-state index contributed by atoms with van der Waals surface area (Å²) < 4.78 is 1.95. The maximum absolute atomic E-state index is 4.30. The van der Waals surface area contributed by atoms with E-state index in [0.29, 0.717) is 6.04 Å². The van der Waals surface area contributed by atoms with E-state index < -0.39 is 0 Å². The molecule has 0 fully saturated rings. The van der Waals surface area contributed by atoms with Crippen molar-refractivity contribution in [3.05, 3.63) is 42.2 Å². The Morgan fingerprint density at radius 1 is 1.17 bits per heavy atom. The van der Waals surface area contributed by atoms with Crippen LogP contribution in [0.4, 0.5) is 0 Å². The molecule has 18 heavy (non-hydrogen) atoms. The monoisotopic (exact) mass is 243 g/mol. The second kappa shape index (κ2) is 5.83. The van der Waals surface area contributed by atoms with E-state index in [4.69, 9.17) is 0 Å². The third-order valence-electron chi connectivity index (χ3n) is 2.96. The number of rotatable bonds is 5. The highest BCUT2D eigenvalue weighted by Crippen LogP contribution is 2.19. The Balaban J connectivity index is 2.07. The summed E-state index contributed by atoms with van der Waals surface area (Å²) in [6, 6.07) is 9.19. The number of nitrogens with zero attached hydrogens (tertiary/aromatic N) is 2. The summed E-state index contributed by atoms with van der Waals surface area (Å²) in [5, 5.41) is 7.72. The standard InChI is InChI=1S/C15H21N3/c1-4-18-11-15(10-17-18)14-7-5-13(6-8-14)9-16-12(2)3/h5-8,10-12,16H,4,9H2,1-3H3. The van der Waals surface area contributed by atoms with Crippen molar-refractivity contribution >= 4 is 0 Å². The van der Waals surface area contributed by atoms with Crippen LogP contribution < -0.4 is 5.32 Å². The quantitative estimate of drug-likeness (QED) is 0.874. The summed E-state index contributed by atoms with van der Waals surface area (Å²) in [4.78, 5) is 0. The van der Waals surface area contributed by atoms with Crippen molar-refractivity contribution in [2.45, 2.75) is 39.9 Å². The highest BCUT2D eigenvalue weighted by Gasteiger charge is 2.01. The lowest BCUT2D eigenvalue weighted by Gasteiger charge is -2.08. The van der Waals surface area contributed by atoms with Crippen molar-refractivity contribution < 1.29 is 0 Å². The van der Waals surface area contributed by atoms with Crippen LogP contribution in [0.5, 0.6) is 0 Å². The van der Waals surface area contributed by atoms with Crippen molar-refractivity contribution in [1.29, 1.82) is 0 Å². The molecular formula is C15H21N3. The maximum atomic E-state index is 4.30. The van der Waals surface area contributed by atoms with E-state index in [1.807, 2.05) is 10.9 Å². The molecule has 2 rings (SSSR count). The molecule has 0 aliphatic rings. The average Bonchev–Trinajstić information content (AvgIpc) is 2.85. The van der Waals surface area contributed by atoms with Gasteiger partial charge in [-0.05, 0) is 18.1 Å². The van der Waals surface area contributed by atoms with Crippen LogP contribution in [0.1, 0.15) is 26.3 Å². The van der Waals surface area contributed by atoms with Crippen LogP contribution in [0.15, 0.2) is 36.7 Å². The number of aryl methyl sites for hydroxylation is 1. The van der Waals surface area contributed by atoms with Gasteiger partial charge in [-0.3, -0.25) is 4.68 Å². The van der Waals surface area contributed by atoms with Crippen molar-refractivity contribution in [3.63, 3.8) is 0 Å². The van der Waals surface area contributed by atoms with Gasteiger partial charge in [-0.2, -0.15) is 5.10 Å². The molecule has 0 saturated carbocycles. The molecule has 2 aromatic rings. The van der Waals surface area contributed by atoms with Gasteiger partial charge in [0.25, 0.3) is 0 Å². The summed E-state index contributed by atoms with van der Waals surface area (Å²) in [6.45, 7) is 8.25.